The van der Waals surface area contributed by atoms with Gasteiger partial charge in [-0.2, -0.15) is 0 Å². The van der Waals surface area contributed by atoms with Crippen LogP contribution in [0.1, 0.15) is 19.8 Å². The first kappa shape index (κ1) is 12.2. The van der Waals surface area contributed by atoms with E-state index in [4.69, 9.17) is 4.74 Å². The van der Waals surface area contributed by atoms with Crippen LogP contribution in [0.5, 0.6) is 0 Å². The first-order valence-corrected chi connectivity index (χ1v) is 6.32. The van der Waals surface area contributed by atoms with Gasteiger partial charge >= 0.3 is 0 Å². The highest BCUT2D eigenvalue weighted by molar-refractivity contribution is 5.47. The highest BCUT2D eigenvalue weighted by Gasteiger charge is 2.21. The number of hydrogen-bond donors (Lipinski definition) is 1. The first-order valence-electron chi connectivity index (χ1n) is 6.32. The Bertz CT molecular complexity index is 350. The zero-order valence-corrected chi connectivity index (χ0v) is 10.6. The van der Waals surface area contributed by atoms with Crippen LogP contribution >= 0.6 is 0 Å². The molecule has 94 valence electrons. The van der Waals surface area contributed by atoms with E-state index >= 15 is 0 Å². The van der Waals surface area contributed by atoms with E-state index in [0.29, 0.717) is 6.04 Å². The van der Waals surface area contributed by atoms with E-state index in [1.54, 1.807) is 0 Å². The van der Waals surface area contributed by atoms with Gasteiger partial charge in [0.1, 0.15) is 11.6 Å². The van der Waals surface area contributed by atoms with E-state index in [0.717, 1.165) is 44.2 Å². The summed E-state index contributed by atoms with van der Waals surface area (Å²) >= 11 is 0. The van der Waals surface area contributed by atoms with Gasteiger partial charge < -0.3 is 15.0 Å². The van der Waals surface area contributed by atoms with Crippen LogP contribution in [0, 0.1) is 0 Å². The molecule has 1 aromatic heterocycles. The summed E-state index contributed by atoms with van der Waals surface area (Å²) in [6.07, 6.45) is 2.20. The lowest BCUT2D eigenvalue weighted by Gasteiger charge is -2.24. The van der Waals surface area contributed by atoms with Crippen molar-refractivity contribution in [2.75, 3.05) is 37.0 Å². The molecule has 0 spiro atoms. The number of pyridine rings is 1. The zero-order valence-electron chi connectivity index (χ0n) is 10.6. The minimum atomic E-state index is 0.462. The predicted molar refractivity (Wildman–Crippen MR) is 70.6 cm³/mol. The Kier molecular flexibility index (Phi) is 4.20. The molecule has 1 N–H and O–H groups in total. The highest BCUT2D eigenvalue weighted by Crippen LogP contribution is 2.19. The Hall–Kier alpha value is -1.29. The van der Waals surface area contributed by atoms with Gasteiger partial charge in [0, 0.05) is 20.2 Å². The lowest BCUT2D eigenvalue weighted by Crippen LogP contribution is -2.32. The monoisotopic (exact) mass is 235 g/mol. The molecule has 17 heavy (non-hydrogen) atoms. The van der Waals surface area contributed by atoms with Crippen LogP contribution in [0.4, 0.5) is 11.6 Å². The largest absolute Gasteiger partial charge is 0.379 e. The van der Waals surface area contributed by atoms with Crippen molar-refractivity contribution in [3.63, 3.8) is 0 Å². The number of rotatable bonds is 5. The molecule has 2 rings (SSSR count). The van der Waals surface area contributed by atoms with Gasteiger partial charge in [-0.1, -0.05) is 13.0 Å². The molecule has 4 heteroatoms. The number of hydrogen-bond acceptors (Lipinski definition) is 4. The van der Waals surface area contributed by atoms with Gasteiger partial charge in [0.25, 0.3) is 0 Å². The number of aromatic nitrogens is 1. The van der Waals surface area contributed by atoms with Crippen LogP contribution in [0.3, 0.4) is 0 Å². The van der Waals surface area contributed by atoms with E-state index < -0.39 is 0 Å². The summed E-state index contributed by atoms with van der Waals surface area (Å²) in [6.45, 7) is 4.79. The van der Waals surface area contributed by atoms with Gasteiger partial charge in [-0.3, -0.25) is 0 Å². The second-order valence-corrected chi connectivity index (χ2v) is 4.44. The number of ether oxygens (including phenoxy) is 1. The molecule has 0 amide bonds. The van der Waals surface area contributed by atoms with Crippen molar-refractivity contribution in [1.29, 1.82) is 0 Å². The molecule has 0 bridgehead atoms. The summed E-state index contributed by atoms with van der Waals surface area (Å²) in [5, 5.41) is 3.31. The maximum absolute atomic E-state index is 5.41. The Morgan fingerprint density at radius 3 is 3.12 bits per heavy atom. The van der Waals surface area contributed by atoms with Crippen LogP contribution in [0.25, 0.3) is 0 Å². The molecule has 1 atom stereocenters. The quantitative estimate of drug-likeness (QED) is 0.848. The summed E-state index contributed by atoms with van der Waals surface area (Å²) in [6, 6.07) is 6.57. The molecule has 1 unspecified atom stereocenters. The van der Waals surface area contributed by atoms with Gasteiger partial charge in [0.05, 0.1) is 12.6 Å². The van der Waals surface area contributed by atoms with E-state index in [9.17, 15) is 0 Å². The molecule has 0 aliphatic carbocycles. The van der Waals surface area contributed by atoms with Crippen molar-refractivity contribution in [2.45, 2.75) is 25.8 Å². The Balaban J connectivity index is 2.03. The molecule has 0 aromatic carbocycles. The zero-order chi connectivity index (χ0) is 12.1. The molecule has 0 saturated carbocycles. The van der Waals surface area contributed by atoms with Crippen LogP contribution in [0.15, 0.2) is 18.2 Å². The fourth-order valence-electron chi connectivity index (χ4n) is 1.99. The summed E-state index contributed by atoms with van der Waals surface area (Å²) < 4.78 is 5.41. The molecule has 1 aromatic rings. The third-order valence-electron chi connectivity index (χ3n) is 3.11. The molecule has 1 fully saturated rings. The van der Waals surface area contributed by atoms with Crippen LogP contribution in [-0.2, 0) is 4.74 Å². The van der Waals surface area contributed by atoms with Gasteiger partial charge in [-0.15, -0.1) is 0 Å². The van der Waals surface area contributed by atoms with Crippen molar-refractivity contribution >= 4 is 11.6 Å². The summed E-state index contributed by atoms with van der Waals surface area (Å²) in [4.78, 5) is 6.83. The molecular weight excluding hydrogens is 214 g/mol. The lowest BCUT2D eigenvalue weighted by molar-refractivity contribution is 0.193. The fraction of sp³-hybridized carbons (Fsp3) is 0.615. The molecule has 4 nitrogen and oxygen atoms in total. The average molecular weight is 235 g/mol. The van der Waals surface area contributed by atoms with Crippen LogP contribution < -0.4 is 10.2 Å². The summed E-state index contributed by atoms with van der Waals surface area (Å²) in [5.74, 6) is 1.97. The Morgan fingerprint density at radius 2 is 2.41 bits per heavy atom. The highest BCUT2D eigenvalue weighted by atomic mass is 16.5. The predicted octanol–water partition coefficient (Wildman–Crippen LogP) is 2.13. The van der Waals surface area contributed by atoms with Gasteiger partial charge in [-0.05, 0) is 25.0 Å². The molecule has 1 aliphatic rings. The summed E-state index contributed by atoms with van der Waals surface area (Å²) in [7, 11) is 2.09. The number of nitrogens with one attached hydrogen (secondary N) is 1. The smallest absolute Gasteiger partial charge is 0.131 e. The summed E-state index contributed by atoms with van der Waals surface area (Å²) in [5.41, 5.74) is 0. The normalized spacial score (nSPS) is 19.3. The molecule has 1 saturated heterocycles. The fourth-order valence-corrected chi connectivity index (χ4v) is 1.99. The van der Waals surface area contributed by atoms with Crippen molar-refractivity contribution in [3.05, 3.63) is 18.2 Å². The van der Waals surface area contributed by atoms with Crippen molar-refractivity contribution in [1.82, 2.24) is 4.98 Å². The maximum atomic E-state index is 5.41. The second kappa shape index (κ2) is 5.87. The maximum Gasteiger partial charge on any atom is 0.131 e. The van der Waals surface area contributed by atoms with Gasteiger partial charge in [0.2, 0.25) is 0 Å². The SMILES string of the molecule is CCCNc1cccc(N(C)C2CCOC2)n1. The Morgan fingerprint density at radius 1 is 1.53 bits per heavy atom. The van der Waals surface area contributed by atoms with Crippen molar-refractivity contribution in [2.24, 2.45) is 0 Å². The van der Waals surface area contributed by atoms with E-state index in [2.05, 4.69) is 35.2 Å². The standard InChI is InChI=1S/C13H21N3O/c1-3-8-14-12-5-4-6-13(15-12)16(2)11-7-9-17-10-11/h4-6,11H,3,7-10H2,1-2H3,(H,14,15). The van der Waals surface area contributed by atoms with Crippen molar-refractivity contribution in [3.8, 4) is 0 Å². The van der Waals surface area contributed by atoms with Gasteiger partial charge in [0.15, 0.2) is 0 Å². The van der Waals surface area contributed by atoms with E-state index in [1.807, 2.05) is 12.1 Å². The van der Waals surface area contributed by atoms with Crippen LogP contribution in [-0.4, -0.2) is 37.8 Å². The molecular formula is C13H21N3O. The molecule has 2 heterocycles. The molecule has 1 aliphatic heterocycles. The van der Waals surface area contributed by atoms with Crippen LogP contribution in [0.2, 0.25) is 0 Å². The van der Waals surface area contributed by atoms with E-state index in [-0.39, 0.29) is 0 Å². The van der Waals surface area contributed by atoms with E-state index in [1.165, 1.54) is 0 Å². The number of anilines is 2. The third-order valence-corrected chi connectivity index (χ3v) is 3.11. The van der Waals surface area contributed by atoms with Crippen molar-refractivity contribution < 1.29 is 4.74 Å². The minimum absolute atomic E-state index is 0.462. The topological polar surface area (TPSA) is 37.4 Å². The second-order valence-electron chi connectivity index (χ2n) is 4.44. The average Bonchev–Trinajstić information content (AvgIpc) is 2.89. The van der Waals surface area contributed by atoms with Gasteiger partial charge in [-0.25, -0.2) is 4.98 Å². The number of nitrogens with zero attached hydrogens (tertiary/aromatic N) is 2. The lowest BCUT2D eigenvalue weighted by atomic mass is 10.2. The third kappa shape index (κ3) is 3.09. The first-order chi connectivity index (χ1) is 8.31. The Labute approximate surface area is 103 Å². The number of likely N-dealkylation sites (N-methyl/N-ethyl adjacent to an activating group) is 1. The minimum Gasteiger partial charge on any atom is -0.379 e. The molecule has 0 radical (unpaired) electrons.